The van der Waals surface area contributed by atoms with Crippen molar-refractivity contribution in [1.82, 2.24) is 0 Å². The molecule has 0 fully saturated rings. The molecule has 3 heteroatoms. The van der Waals surface area contributed by atoms with Crippen LogP contribution in [0, 0.1) is 0 Å². The predicted octanol–water partition coefficient (Wildman–Crippen LogP) is 1.70. The molecular formula is C11H14O3. The van der Waals surface area contributed by atoms with Gasteiger partial charge in [-0.05, 0) is 24.1 Å². The normalized spacial score (nSPS) is 9.86. The van der Waals surface area contributed by atoms with Crippen LogP contribution in [0.2, 0.25) is 0 Å². The first kappa shape index (κ1) is 10.7. The van der Waals surface area contributed by atoms with Crippen molar-refractivity contribution in [2.24, 2.45) is 0 Å². The zero-order chi connectivity index (χ0) is 10.4. The van der Waals surface area contributed by atoms with Gasteiger partial charge in [0.2, 0.25) is 0 Å². The number of benzene rings is 1. The highest BCUT2D eigenvalue weighted by molar-refractivity contribution is 5.79. The van der Waals surface area contributed by atoms with E-state index in [0.717, 1.165) is 18.3 Å². The SMILES string of the molecule is COCCc1ccc(OC)c(C=O)c1. The molecule has 0 aromatic heterocycles. The largest absolute Gasteiger partial charge is 0.496 e. The van der Waals surface area contributed by atoms with E-state index >= 15 is 0 Å². The van der Waals surface area contributed by atoms with Crippen molar-refractivity contribution >= 4 is 6.29 Å². The Labute approximate surface area is 83.6 Å². The molecule has 0 N–H and O–H groups in total. The molecule has 3 nitrogen and oxygen atoms in total. The summed E-state index contributed by atoms with van der Waals surface area (Å²) >= 11 is 0. The summed E-state index contributed by atoms with van der Waals surface area (Å²) in [5.41, 5.74) is 1.66. The van der Waals surface area contributed by atoms with Crippen molar-refractivity contribution in [3.8, 4) is 5.75 Å². The van der Waals surface area contributed by atoms with E-state index in [4.69, 9.17) is 9.47 Å². The van der Waals surface area contributed by atoms with Crippen LogP contribution in [0.5, 0.6) is 5.75 Å². The van der Waals surface area contributed by atoms with Crippen LogP contribution < -0.4 is 4.74 Å². The molecule has 0 bridgehead atoms. The van der Waals surface area contributed by atoms with Gasteiger partial charge in [0, 0.05) is 7.11 Å². The molecule has 0 aliphatic rings. The third-order valence-electron chi connectivity index (χ3n) is 2.02. The number of hydrogen-bond donors (Lipinski definition) is 0. The topological polar surface area (TPSA) is 35.5 Å². The van der Waals surface area contributed by atoms with Gasteiger partial charge in [-0.15, -0.1) is 0 Å². The number of aldehydes is 1. The highest BCUT2D eigenvalue weighted by Crippen LogP contribution is 2.18. The van der Waals surface area contributed by atoms with Crippen molar-refractivity contribution in [2.75, 3.05) is 20.8 Å². The maximum Gasteiger partial charge on any atom is 0.153 e. The Morgan fingerprint density at radius 3 is 2.71 bits per heavy atom. The molecule has 0 aliphatic carbocycles. The molecule has 0 radical (unpaired) electrons. The number of ether oxygens (including phenoxy) is 2. The van der Waals surface area contributed by atoms with Crippen LogP contribution in [0.3, 0.4) is 0 Å². The molecule has 0 saturated heterocycles. The molecule has 0 atom stereocenters. The summed E-state index contributed by atoms with van der Waals surface area (Å²) in [6.07, 6.45) is 1.61. The summed E-state index contributed by atoms with van der Waals surface area (Å²) in [6, 6.07) is 5.56. The maximum atomic E-state index is 10.7. The van der Waals surface area contributed by atoms with Crippen molar-refractivity contribution < 1.29 is 14.3 Å². The summed E-state index contributed by atoms with van der Waals surface area (Å²) in [6.45, 7) is 0.657. The second-order valence-electron chi connectivity index (χ2n) is 2.94. The summed E-state index contributed by atoms with van der Waals surface area (Å²) in [7, 11) is 3.21. The van der Waals surface area contributed by atoms with Gasteiger partial charge in [0.05, 0.1) is 19.3 Å². The molecule has 14 heavy (non-hydrogen) atoms. The number of carbonyl (C=O) groups is 1. The number of hydrogen-bond acceptors (Lipinski definition) is 3. The molecule has 0 heterocycles. The first-order chi connectivity index (χ1) is 6.81. The predicted molar refractivity (Wildman–Crippen MR) is 54.0 cm³/mol. The van der Waals surface area contributed by atoms with Crippen LogP contribution in [-0.4, -0.2) is 27.1 Å². The van der Waals surface area contributed by atoms with Crippen molar-refractivity contribution in [1.29, 1.82) is 0 Å². The average molecular weight is 194 g/mol. The monoisotopic (exact) mass is 194 g/mol. The second-order valence-corrected chi connectivity index (χ2v) is 2.94. The number of carbonyl (C=O) groups excluding carboxylic acids is 1. The van der Waals surface area contributed by atoms with Crippen molar-refractivity contribution in [3.63, 3.8) is 0 Å². The second kappa shape index (κ2) is 5.40. The van der Waals surface area contributed by atoms with Gasteiger partial charge in [-0.1, -0.05) is 6.07 Å². The third kappa shape index (κ3) is 2.57. The molecule has 0 amide bonds. The molecule has 0 spiro atoms. The fourth-order valence-corrected chi connectivity index (χ4v) is 1.25. The van der Waals surface area contributed by atoms with E-state index in [9.17, 15) is 4.79 Å². The zero-order valence-electron chi connectivity index (χ0n) is 8.45. The van der Waals surface area contributed by atoms with E-state index in [0.29, 0.717) is 17.9 Å². The van der Waals surface area contributed by atoms with Gasteiger partial charge in [0.25, 0.3) is 0 Å². The molecule has 0 unspecified atom stereocenters. The number of methoxy groups -OCH3 is 2. The van der Waals surface area contributed by atoms with E-state index < -0.39 is 0 Å². The molecule has 1 rings (SSSR count). The minimum absolute atomic E-state index is 0.584. The van der Waals surface area contributed by atoms with Gasteiger partial charge in [0.15, 0.2) is 6.29 Å². The summed E-state index contributed by atoms with van der Waals surface area (Å²) in [5, 5.41) is 0. The van der Waals surface area contributed by atoms with Crippen LogP contribution in [0.15, 0.2) is 18.2 Å². The van der Waals surface area contributed by atoms with Crippen molar-refractivity contribution in [3.05, 3.63) is 29.3 Å². The van der Waals surface area contributed by atoms with Crippen LogP contribution >= 0.6 is 0 Å². The molecule has 0 saturated carbocycles. The third-order valence-corrected chi connectivity index (χ3v) is 2.02. The standard InChI is InChI=1S/C11H14O3/c1-13-6-5-9-3-4-11(14-2)10(7-9)8-12/h3-4,7-8H,5-6H2,1-2H3. The molecule has 1 aromatic rings. The van der Waals surface area contributed by atoms with E-state index in [1.54, 1.807) is 20.3 Å². The molecule has 0 aliphatic heterocycles. The highest BCUT2D eigenvalue weighted by Gasteiger charge is 2.02. The smallest absolute Gasteiger partial charge is 0.153 e. The summed E-state index contributed by atoms with van der Waals surface area (Å²) in [4.78, 5) is 10.7. The minimum atomic E-state index is 0.584. The maximum absolute atomic E-state index is 10.7. The Hall–Kier alpha value is -1.35. The number of rotatable bonds is 5. The van der Waals surface area contributed by atoms with E-state index in [1.165, 1.54) is 0 Å². The lowest BCUT2D eigenvalue weighted by atomic mass is 10.1. The Morgan fingerprint density at radius 1 is 1.36 bits per heavy atom. The molecule has 76 valence electrons. The van der Waals surface area contributed by atoms with Crippen molar-refractivity contribution in [2.45, 2.75) is 6.42 Å². The van der Waals surface area contributed by atoms with Gasteiger partial charge in [-0.3, -0.25) is 4.79 Å². The van der Waals surface area contributed by atoms with Gasteiger partial charge >= 0.3 is 0 Å². The van der Waals surface area contributed by atoms with Crippen LogP contribution in [-0.2, 0) is 11.2 Å². The Morgan fingerprint density at radius 2 is 2.14 bits per heavy atom. The summed E-state index contributed by atoms with van der Waals surface area (Å²) in [5.74, 6) is 0.612. The summed E-state index contributed by atoms with van der Waals surface area (Å²) < 4.78 is 9.99. The Kier molecular flexibility index (Phi) is 4.13. The Bertz CT molecular complexity index is 307. The zero-order valence-corrected chi connectivity index (χ0v) is 8.45. The fraction of sp³-hybridized carbons (Fsp3) is 0.364. The lowest BCUT2D eigenvalue weighted by Crippen LogP contribution is -1.97. The lowest BCUT2D eigenvalue weighted by Gasteiger charge is -2.05. The fourth-order valence-electron chi connectivity index (χ4n) is 1.25. The van der Waals surface area contributed by atoms with Gasteiger partial charge in [-0.2, -0.15) is 0 Å². The van der Waals surface area contributed by atoms with E-state index in [1.807, 2.05) is 12.1 Å². The highest BCUT2D eigenvalue weighted by atomic mass is 16.5. The first-order valence-corrected chi connectivity index (χ1v) is 4.43. The average Bonchev–Trinajstić information content (AvgIpc) is 2.25. The quantitative estimate of drug-likeness (QED) is 0.669. The molecule has 1 aromatic carbocycles. The minimum Gasteiger partial charge on any atom is -0.496 e. The Balaban J connectivity index is 2.84. The first-order valence-electron chi connectivity index (χ1n) is 4.43. The molecular weight excluding hydrogens is 180 g/mol. The lowest BCUT2D eigenvalue weighted by molar-refractivity contribution is 0.112. The van der Waals surface area contributed by atoms with Gasteiger partial charge in [-0.25, -0.2) is 0 Å². The van der Waals surface area contributed by atoms with Crippen LogP contribution in [0.1, 0.15) is 15.9 Å². The van der Waals surface area contributed by atoms with Crippen LogP contribution in [0.25, 0.3) is 0 Å². The van der Waals surface area contributed by atoms with Gasteiger partial charge in [0.1, 0.15) is 5.75 Å². The van der Waals surface area contributed by atoms with E-state index in [2.05, 4.69) is 0 Å². The van der Waals surface area contributed by atoms with Gasteiger partial charge < -0.3 is 9.47 Å². The van der Waals surface area contributed by atoms with Crippen LogP contribution in [0.4, 0.5) is 0 Å². The van der Waals surface area contributed by atoms with E-state index in [-0.39, 0.29) is 0 Å².